The molecule has 2 aromatic rings. The van der Waals surface area contributed by atoms with Gasteiger partial charge in [-0.2, -0.15) is 0 Å². The fourth-order valence-corrected chi connectivity index (χ4v) is 3.06. The van der Waals surface area contributed by atoms with Gasteiger partial charge in [0.05, 0.1) is 7.11 Å². The number of aliphatic hydroxyl groups excluding tert-OH is 1. The van der Waals surface area contributed by atoms with Crippen molar-refractivity contribution in [1.29, 1.82) is 0 Å². The summed E-state index contributed by atoms with van der Waals surface area (Å²) in [5.74, 6) is 1.47. The maximum Gasteiger partial charge on any atom is 0.123 e. The number of benzene rings is 2. The third-order valence-electron chi connectivity index (χ3n) is 4.45. The van der Waals surface area contributed by atoms with Gasteiger partial charge in [0.25, 0.3) is 0 Å². The molecule has 0 bridgehead atoms. The van der Waals surface area contributed by atoms with Crippen LogP contribution in [-0.2, 0) is 0 Å². The molecule has 1 aliphatic rings. The molecule has 0 spiro atoms. The SMILES string of the molecule is COc1cccc(OCC(O)CN2CCN(c3ccccc3)CC2)c1.Cl. The lowest BCUT2D eigenvalue weighted by Gasteiger charge is -2.36. The zero-order valence-electron chi connectivity index (χ0n) is 15.1. The van der Waals surface area contributed by atoms with Crippen molar-refractivity contribution in [3.63, 3.8) is 0 Å². The molecule has 1 aliphatic heterocycles. The van der Waals surface area contributed by atoms with Gasteiger partial charge in [-0.1, -0.05) is 24.3 Å². The molecule has 0 aromatic heterocycles. The highest BCUT2D eigenvalue weighted by Gasteiger charge is 2.19. The fraction of sp³-hybridized carbons (Fsp3) is 0.400. The van der Waals surface area contributed by atoms with Crippen LogP contribution in [0.2, 0.25) is 0 Å². The number of aliphatic hydroxyl groups is 1. The van der Waals surface area contributed by atoms with Crippen molar-refractivity contribution in [3.8, 4) is 11.5 Å². The molecule has 0 radical (unpaired) electrons. The standard InChI is InChI=1S/C20H26N2O3.ClH/c1-24-19-8-5-9-20(14-19)25-16-18(23)15-21-10-12-22(13-11-21)17-6-3-2-4-7-17;/h2-9,14,18,23H,10-13,15-16H2,1H3;1H. The van der Waals surface area contributed by atoms with Gasteiger partial charge in [0, 0.05) is 44.5 Å². The highest BCUT2D eigenvalue weighted by Crippen LogP contribution is 2.19. The van der Waals surface area contributed by atoms with Crippen LogP contribution in [0.25, 0.3) is 0 Å². The molecule has 0 amide bonds. The van der Waals surface area contributed by atoms with Crippen LogP contribution >= 0.6 is 12.4 Å². The second kappa shape index (κ2) is 10.3. The summed E-state index contributed by atoms with van der Waals surface area (Å²) in [4.78, 5) is 4.68. The average molecular weight is 379 g/mol. The Morgan fingerprint density at radius 2 is 1.65 bits per heavy atom. The van der Waals surface area contributed by atoms with Gasteiger partial charge in [0.15, 0.2) is 0 Å². The summed E-state index contributed by atoms with van der Waals surface area (Å²) in [6.45, 7) is 4.77. The Labute approximate surface area is 161 Å². The number of methoxy groups -OCH3 is 1. The van der Waals surface area contributed by atoms with Gasteiger partial charge in [-0.25, -0.2) is 0 Å². The summed E-state index contributed by atoms with van der Waals surface area (Å²) in [5, 5.41) is 10.3. The lowest BCUT2D eigenvalue weighted by atomic mass is 10.2. The van der Waals surface area contributed by atoms with Crippen LogP contribution in [0, 0.1) is 0 Å². The molecule has 1 fully saturated rings. The molecule has 0 aliphatic carbocycles. The highest BCUT2D eigenvalue weighted by atomic mass is 35.5. The molecule has 0 saturated carbocycles. The van der Waals surface area contributed by atoms with E-state index in [9.17, 15) is 5.11 Å². The molecule has 3 rings (SSSR count). The number of para-hydroxylation sites is 1. The number of piperazine rings is 1. The van der Waals surface area contributed by atoms with Crippen molar-refractivity contribution in [2.24, 2.45) is 0 Å². The number of hydrogen-bond acceptors (Lipinski definition) is 5. The number of nitrogens with zero attached hydrogens (tertiary/aromatic N) is 2. The Balaban J connectivity index is 0.00000243. The van der Waals surface area contributed by atoms with Crippen LogP contribution in [0.5, 0.6) is 11.5 Å². The van der Waals surface area contributed by atoms with Gasteiger partial charge >= 0.3 is 0 Å². The lowest BCUT2D eigenvalue weighted by molar-refractivity contribution is 0.0662. The Hall–Kier alpha value is -1.95. The number of β-amino-alcohol motifs (C(OH)–C–C–N with tert-alkyl or cyclic N) is 1. The van der Waals surface area contributed by atoms with E-state index in [1.165, 1.54) is 5.69 Å². The van der Waals surface area contributed by atoms with Crippen LogP contribution < -0.4 is 14.4 Å². The summed E-state index contributed by atoms with van der Waals surface area (Å²) < 4.78 is 10.8. The number of ether oxygens (including phenoxy) is 2. The Bertz CT molecular complexity index is 649. The van der Waals surface area contributed by atoms with Gasteiger partial charge in [-0.05, 0) is 24.3 Å². The van der Waals surface area contributed by atoms with Crippen LogP contribution in [0.3, 0.4) is 0 Å². The Morgan fingerprint density at radius 3 is 2.35 bits per heavy atom. The Kier molecular flexibility index (Phi) is 8.04. The van der Waals surface area contributed by atoms with Crippen molar-refractivity contribution in [3.05, 3.63) is 54.6 Å². The van der Waals surface area contributed by atoms with Crippen molar-refractivity contribution in [1.82, 2.24) is 4.90 Å². The quantitative estimate of drug-likeness (QED) is 0.802. The molecule has 1 unspecified atom stereocenters. The summed E-state index contributed by atoms with van der Waals surface area (Å²) in [6.07, 6.45) is -0.505. The summed E-state index contributed by atoms with van der Waals surface area (Å²) in [6, 6.07) is 17.9. The Morgan fingerprint density at radius 1 is 0.962 bits per heavy atom. The smallest absolute Gasteiger partial charge is 0.123 e. The van der Waals surface area contributed by atoms with Crippen molar-refractivity contribution in [2.75, 3.05) is 51.3 Å². The fourth-order valence-electron chi connectivity index (χ4n) is 3.06. The third kappa shape index (κ3) is 5.80. The average Bonchev–Trinajstić information content (AvgIpc) is 2.68. The normalized spacial score (nSPS) is 15.8. The molecular weight excluding hydrogens is 352 g/mol. The molecule has 26 heavy (non-hydrogen) atoms. The van der Waals surface area contributed by atoms with E-state index in [4.69, 9.17) is 9.47 Å². The van der Waals surface area contributed by atoms with Gasteiger partial charge in [-0.3, -0.25) is 4.90 Å². The van der Waals surface area contributed by atoms with Crippen molar-refractivity contribution < 1.29 is 14.6 Å². The number of rotatable bonds is 7. The molecule has 1 saturated heterocycles. The van der Waals surface area contributed by atoms with Crippen LogP contribution in [-0.4, -0.2) is 62.6 Å². The largest absolute Gasteiger partial charge is 0.497 e. The molecule has 6 heteroatoms. The molecule has 5 nitrogen and oxygen atoms in total. The van der Waals surface area contributed by atoms with E-state index in [0.29, 0.717) is 12.3 Å². The molecule has 1 atom stereocenters. The van der Waals surface area contributed by atoms with E-state index in [2.05, 4.69) is 34.1 Å². The monoisotopic (exact) mass is 378 g/mol. The van der Waals surface area contributed by atoms with Crippen LogP contribution in [0.1, 0.15) is 0 Å². The zero-order chi connectivity index (χ0) is 17.5. The first-order valence-electron chi connectivity index (χ1n) is 8.72. The van der Waals surface area contributed by atoms with Crippen LogP contribution in [0.4, 0.5) is 5.69 Å². The number of halogens is 1. The maximum atomic E-state index is 10.3. The van der Waals surface area contributed by atoms with Crippen molar-refractivity contribution >= 4 is 18.1 Å². The minimum atomic E-state index is -0.505. The number of hydrogen-bond donors (Lipinski definition) is 1. The second-order valence-electron chi connectivity index (χ2n) is 6.27. The van der Waals surface area contributed by atoms with Gasteiger partial charge in [0.2, 0.25) is 0 Å². The highest BCUT2D eigenvalue weighted by molar-refractivity contribution is 5.85. The lowest BCUT2D eigenvalue weighted by Crippen LogP contribution is -2.49. The topological polar surface area (TPSA) is 45.2 Å². The van der Waals surface area contributed by atoms with E-state index in [-0.39, 0.29) is 19.0 Å². The minimum absolute atomic E-state index is 0. The third-order valence-corrected chi connectivity index (χ3v) is 4.45. The molecule has 1 N–H and O–H groups in total. The van der Waals surface area contributed by atoms with E-state index in [1.54, 1.807) is 7.11 Å². The van der Waals surface area contributed by atoms with Crippen molar-refractivity contribution in [2.45, 2.75) is 6.10 Å². The van der Waals surface area contributed by atoms with Gasteiger partial charge < -0.3 is 19.5 Å². The maximum absolute atomic E-state index is 10.3. The van der Waals surface area contributed by atoms with E-state index in [0.717, 1.165) is 31.9 Å². The predicted molar refractivity (Wildman–Crippen MR) is 107 cm³/mol. The molecular formula is C20H27ClN2O3. The first-order chi connectivity index (χ1) is 12.2. The molecule has 142 valence electrons. The van der Waals surface area contributed by atoms with E-state index in [1.807, 2.05) is 30.3 Å². The summed E-state index contributed by atoms with van der Waals surface area (Å²) in [5.41, 5.74) is 1.27. The molecule has 1 heterocycles. The minimum Gasteiger partial charge on any atom is -0.497 e. The summed E-state index contributed by atoms with van der Waals surface area (Å²) in [7, 11) is 1.63. The predicted octanol–water partition coefficient (Wildman–Crippen LogP) is 2.68. The summed E-state index contributed by atoms with van der Waals surface area (Å²) >= 11 is 0. The van der Waals surface area contributed by atoms with Crippen LogP contribution in [0.15, 0.2) is 54.6 Å². The van der Waals surface area contributed by atoms with Gasteiger partial charge in [-0.15, -0.1) is 12.4 Å². The zero-order valence-corrected chi connectivity index (χ0v) is 15.9. The van der Waals surface area contributed by atoms with E-state index < -0.39 is 6.10 Å². The van der Waals surface area contributed by atoms with E-state index >= 15 is 0 Å². The first-order valence-corrected chi connectivity index (χ1v) is 8.72. The first kappa shape index (κ1) is 20.4. The van der Waals surface area contributed by atoms with Gasteiger partial charge in [0.1, 0.15) is 24.2 Å². The number of anilines is 1. The molecule has 2 aromatic carbocycles. The second-order valence-corrected chi connectivity index (χ2v) is 6.27.